The summed E-state index contributed by atoms with van der Waals surface area (Å²) in [6.07, 6.45) is 0. The maximum atomic E-state index is 5.79. The third-order valence-electron chi connectivity index (χ3n) is 1.90. The fourth-order valence-corrected chi connectivity index (χ4v) is 1.18. The molecule has 0 aliphatic carbocycles. The average Bonchev–Trinajstić information content (AvgIpc) is 2.30. The summed E-state index contributed by atoms with van der Waals surface area (Å²) in [6, 6.07) is 1.93. The van der Waals surface area contributed by atoms with Gasteiger partial charge in [-0.2, -0.15) is 0 Å². The molecule has 76 valence electrons. The molecule has 0 aliphatic heterocycles. The van der Waals surface area contributed by atoms with Crippen molar-refractivity contribution in [3.05, 3.63) is 17.6 Å². The highest BCUT2D eigenvalue weighted by Crippen LogP contribution is 2.29. The maximum Gasteiger partial charge on any atom is 0.129 e. The highest BCUT2D eigenvalue weighted by atomic mass is 35.5. The molecule has 0 aliphatic rings. The lowest BCUT2D eigenvalue weighted by Gasteiger charge is -2.01. The summed E-state index contributed by atoms with van der Waals surface area (Å²) in [7, 11) is 0. The minimum Gasteiger partial charge on any atom is -0.463 e. The fraction of sp³-hybridized carbons (Fsp3) is 0.600. The second-order valence-corrected chi connectivity index (χ2v) is 3.78. The molecule has 0 saturated heterocycles. The summed E-state index contributed by atoms with van der Waals surface area (Å²) in [6.45, 7) is 8.36. The first-order valence-electron chi connectivity index (χ1n) is 4.41. The Hall–Kier alpha value is -0.630. The van der Waals surface area contributed by atoms with Crippen molar-refractivity contribution in [1.29, 1.82) is 0 Å². The SMILES string of the molecule is CC(C)c1cc(N)c(C(C)C)o1.Cl. The average molecular weight is 204 g/mol. The lowest BCUT2D eigenvalue weighted by atomic mass is 10.1. The van der Waals surface area contributed by atoms with E-state index in [1.807, 2.05) is 6.07 Å². The van der Waals surface area contributed by atoms with Gasteiger partial charge in [0.25, 0.3) is 0 Å². The van der Waals surface area contributed by atoms with Gasteiger partial charge in [0.2, 0.25) is 0 Å². The van der Waals surface area contributed by atoms with Crippen molar-refractivity contribution in [3.8, 4) is 0 Å². The van der Waals surface area contributed by atoms with Crippen LogP contribution in [0.15, 0.2) is 10.5 Å². The second-order valence-electron chi connectivity index (χ2n) is 3.78. The number of halogens is 1. The van der Waals surface area contributed by atoms with E-state index in [1.54, 1.807) is 0 Å². The number of hydrogen-bond acceptors (Lipinski definition) is 2. The quantitative estimate of drug-likeness (QED) is 0.799. The van der Waals surface area contributed by atoms with E-state index >= 15 is 0 Å². The Bertz CT molecular complexity index is 266. The lowest BCUT2D eigenvalue weighted by Crippen LogP contribution is -1.90. The van der Waals surface area contributed by atoms with Gasteiger partial charge >= 0.3 is 0 Å². The lowest BCUT2D eigenvalue weighted by molar-refractivity contribution is 0.433. The highest BCUT2D eigenvalue weighted by Gasteiger charge is 2.13. The molecule has 0 fully saturated rings. The summed E-state index contributed by atoms with van der Waals surface area (Å²) in [5, 5.41) is 0. The molecular formula is C10H18ClNO. The van der Waals surface area contributed by atoms with Crippen molar-refractivity contribution in [3.63, 3.8) is 0 Å². The van der Waals surface area contributed by atoms with E-state index in [4.69, 9.17) is 10.2 Å². The van der Waals surface area contributed by atoms with E-state index in [2.05, 4.69) is 27.7 Å². The first-order valence-corrected chi connectivity index (χ1v) is 4.41. The molecular weight excluding hydrogens is 186 g/mol. The highest BCUT2D eigenvalue weighted by molar-refractivity contribution is 5.85. The Morgan fingerprint density at radius 2 is 1.69 bits per heavy atom. The van der Waals surface area contributed by atoms with E-state index in [9.17, 15) is 0 Å². The van der Waals surface area contributed by atoms with Crippen LogP contribution in [0, 0.1) is 0 Å². The molecule has 13 heavy (non-hydrogen) atoms. The molecule has 1 aromatic rings. The van der Waals surface area contributed by atoms with Gasteiger partial charge < -0.3 is 10.2 Å². The molecule has 0 saturated carbocycles. The fourth-order valence-electron chi connectivity index (χ4n) is 1.18. The first-order chi connectivity index (χ1) is 5.52. The molecule has 2 nitrogen and oxygen atoms in total. The molecule has 1 heterocycles. The predicted octanol–water partition coefficient (Wildman–Crippen LogP) is 3.53. The Morgan fingerprint density at radius 3 is 1.92 bits per heavy atom. The van der Waals surface area contributed by atoms with Crippen LogP contribution in [0.2, 0.25) is 0 Å². The number of rotatable bonds is 2. The summed E-state index contributed by atoms with van der Waals surface area (Å²) in [4.78, 5) is 0. The first kappa shape index (κ1) is 12.4. The van der Waals surface area contributed by atoms with Crippen LogP contribution in [-0.4, -0.2) is 0 Å². The second kappa shape index (κ2) is 4.56. The van der Waals surface area contributed by atoms with E-state index in [1.165, 1.54) is 0 Å². The van der Waals surface area contributed by atoms with Crippen LogP contribution in [0.4, 0.5) is 5.69 Å². The molecule has 0 aromatic carbocycles. The smallest absolute Gasteiger partial charge is 0.129 e. The van der Waals surface area contributed by atoms with Crippen LogP contribution in [0.5, 0.6) is 0 Å². The standard InChI is InChI=1S/C10H17NO.ClH/c1-6(2)9-5-8(11)10(12-9)7(3)4;/h5-7H,11H2,1-4H3;1H. The van der Waals surface area contributed by atoms with Crippen molar-refractivity contribution in [2.45, 2.75) is 39.5 Å². The molecule has 0 amide bonds. The normalized spacial score (nSPS) is 10.6. The Morgan fingerprint density at radius 1 is 1.15 bits per heavy atom. The molecule has 0 spiro atoms. The molecule has 0 atom stereocenters. The molecule has 1 rings (SSSR count). The molecule has 2 N–H and O–H groups in total. The predicted molar refractivity (Wildman–Crippen MR) is 58.5 cm³/mol. The molecule has 0 unspecified atom stereocenters. The van der Waals surface area contributed by atoms with Crippen LogP contribution in [0.3, 0.4) is 0 Å². The van der Waals surface area contributed by atoms with Gasteiger partial charge in [0, 0.05) is 17.9 Å². The van der Waals surface area contributed by atoms with Crippen LogP contribution in [0.1, 0.15) is 51.1 Å². The van der Waals surface area contributed by atoms with Crippen molar-refractivity contribution >= 4 is 18.1 Å². The molecule has 1 aromatic heterocycles. The zero-order valence-corrected chi connectivity index (χ0v) is 9.44. The van der Waals surface area contributed by atoms with Crippen molar-refractivity contribution in [2.24, 2.45) is 0 Å². The third kappa shape index (κ3) is 2.66. The molecule has 3 heteroatoms. The van der Waals surface area contributed by atoms with Crippen LogP contribution < -0.4 is 5.73 Å². The minimum absolute atomic E-state index is 0. The summed E-state index contributed by atoms with van der Waals surface area (Å²) in [5.74, 6) is 2.69. The molecule has 0 radical (unpaired) electrons. The topological polar surface area (TPSA) is 39.2 Å². The van der Waals surface area contributed by atoms with Crippen molar-refractivity contribution in [1.82, 2.24) is 0 Å². The van der Waals surface area contributed by atoms with Crippen LogP contribution in [-0.2, 0) is 0 Å². The van der Waals surface area contributed by atoms with Gasteiger partial charge in [-0.05, 0) is 0 Å². The van der Waals surface area contributed by atoms with Gasteiger partial charge in [-0.15, -0.1) is 12.4 Å². The maximum absolute atomic E-state index is 5.79. The number of hydrogen-bond donors (Lipinski definition) is 1. The van der Waals surface area contributed by atoms with Gasteiger partial charge in [0.1, 0.15) is 11.5 Å². The number of furan rings is 1. The van der Waals surface area contributed by atoms with Gasteiger partial charge in [-0.3, -0.25) is 0 Å². The van der Waals surface area contributed by atoms with E-state index < -0.39 is 0 Å². The van der Waals surface area contributed by atoms with E-state index in [0.717, 1.165) is 17.2 Å². The van der Waals surface area contributed by atoms with Crippen LogP contribution >= 0.6 is 12.4 Å². The number of nitrogens with two attached hydrogens (primary N) is 1. The zero-order chi connectivity index (χ0) is 9.30. The monoisotopic (exact) mass is 203 g/mol. The van der Waals surface area contributed by atoms with Crippen molar-refractivity contribution in [2.75, 3.05) is 5.73 Å². The number of anilines is 1. The van der Waals surface area contributed by atoms with Gasteiger partial charge in [0.15, 0.2) is 0 Å². The summed E-state index contributed by atoms with van der Waals surface area (Å²) < 4.78 is 5.61. The Balaban J connectivity index is 0.00000144. The minimum atomic E-state index is 0. The Kier molecular flexibility index (Phi) is 4.34. The van der Waals surface area contributed by atoms with Gasteiger partial charge in [-0.1, -0.05) is 27.7 Å². The zero-order valence-electron chi connectivity index (χ0n) is 8.63. The van der Waals surface area contributed by atoms with Gasteiger partial charge in [0.05, 0.1) is 5.69 Å². The number of nitrogen functional groups attached to an aromatic ring is 1. The summed E-state index contributed by atoms with van der Waals surface area (Å²) >= 11 is 0. The van der Waals surface area contributed by atoms with Gasteiger partial charge in [-0.25, -0.2) is 0 Å². The van der Waals surface area contributed by atoms with E-state index in [-0.39, 0.29) is 12.4 Å². The third-order valence-corrected chi connectivity index (χ3v) is 1.90. The van der Waals surface area contributed by atoms with E-state index in [0.29, 0.717) is 11.8 Å². The Labute approximate surface area is 85.9 Å². The van der Waals surface area contributed by atoms with Crippen LogP contribution in [0.25, 0.3) is 0 Å². The molecule has 0 bridgehead atoms. The summed E-state index contributed by atoms with van der Waals surface area (Å²) in [5.41, 5.74) is 6.57. The largest absolute Gasteiger partial charge is 0.463 e. The van der Waals surface area contributed by atoms with Crippen molar-refractivity contribution < 1.29 is 4.42 Å².